The Morgan fingerprint density at radius 1 is 1.44 bits per heavy atom. The molecule has 0 heterocycles. The van der Waals surface area contributed by atoms with Gasteiger partial charge in [-0.1, -0.05) is 26.0 Å². The topological polar surface area (TPSA) is 47.3 Å². The van der Waals surface area contributed by atoms with Gasteiger partial charge in [-0.3, -0.25) is 0 Å². The van der Waals surface area contributed by atoms with Gasteiger partial charge >= 0.3 is 0 Å². The molecule has 0 spiro atoms. The highest BCUT2D eigenvalue weighted by Gasteiger charge is 2.47. The molecule has 1 aromatic rings. The predicted molar refractivity (Wildman–Crippen MR) is 75.5 cm³/mol. The van der Waals surface area contributed by atoms with E-state index in [2.05, 4.69) is 25.2 Å². The second kappa shape index (κ2) is 5.29. The van der Waals surface area contributed by atoms with Crippen LogP contribution in [0.2, 0.25) is 0 Å². The summed E-state index contributed by atoms with van der Waals surface area (Å²) >= 11 is 0. The van der Waals surface area contributed by atoms with E-state index in [9.17, 15) is 0 Å². The molecule has 1 aliphatic carbocycles. The van der Waals surface area contributed by atoms with Crippen LogP contribution < -0.4 is 11.1 Å². The van der Waals surface area contributed by atoms with Gasteiger partial charge in [0.2, 0.25) is 0 Å². The summed E-state index contributed by atoms with van der Waals surface area (Å²) in [5.74, 6) is 0. The zero-order valence-electron chi connectivity index (χ0n) is 11.6. The zero-order chi connectivity index (χ0) is 13.2. The lowest BCUT2D eigenvalue weighted by Gasteiger charge is -2.51. The predicted octanol–water partition coefficient (Wildman–Crippen LogP) is 2.21. The molecule has 0 radical (unpaired) electrons. The van der Waals surface area contributed by atoms with E-state index in [4.69, 9.17) is 10.5 Å². The van der Waals surface area contributed by atoms with Crippen molar-refractivity contribution >= 4 is 5.69 Å². The monoisotopic (exact) mass is 248 g/mol. The summed E-state index contributed by atoms with van der Waals surface area (Å²) in [6.45, 7) is 5.53. The maximum atomic E-state index is 5.77. The highest BCUT2D eigenvalue weighted by molar-refractivity contribution is 5.40. The Balaban J connectivity index is 1.77. The number of benzene rings is 1. The largest absolute Gasteiger partial charge is 0.399 e. The second-order valence-electron chi connectivity index (χ2n) is 5.78. The summed E-state index contributed by atoms with van der Waals surface area (Å²) in [5.41, 5.74) is 8.15. The Hall–Kier alpha value is -1.06. The Bertz CT molecular complexity index is 403. The van der Waals surface area contributed by atoms with Gasteiger partial charge in [0.25, 0.3) is 0 Å². The van der Waals surface area contributed by atoms with Crippen LogP contribution >= 0.6 is 0 Å². The molecule has 0 aromatic heterocycles. The van der Waals surface area contributed by atoms with E-state index >= 15 is 0 Å². The van der Waals surface area contributed by atoms with E-state index in [1.165, 1.54) is 5.56 Å². The first-order valence-corrected chi connectivity index (χ1v) is 6.64. The van der Waals surface area contributed by atoms with Gasteiger partial charge < -0.3 is 15.8 Å². The minimum Gasteiger partial charge on any atom is -0.399 e. The van der Waals surface area contributed by atoms with Gasteiger partial charge in [-0.15, -0.1) is 0 Å². The van der Waals surface area contributed by atoms with Crippen molar-refractivity contribution in [3.8, 4) is 0 Å². The normalized spacial score (nSPS) is 25.7. The third-order valence-electron chi connectivity index (χ3n) is 4.22. The first kappa shape index (κ1) is 13.4. The van der Waals surface area contributed by atoms with E-state index in [0.717, 1.165) is 25.1 Å². The number of methoxy groups -OCH3 is 1. The van der Waals surface area contributed by atoms with E-state index in [-0.39, 0.29) is 5.41 Å². The van der Waals surface area contributed by atoms with E-state index in [1.807, 2.05) is 18.2 Å². The molecule has 3 nitrogen and oxygen atoms in total. The average molecular weight is 248 g/mol. The molecule has 1 saturated carbocycles. The fourth-order valence-corrected chi connectivity index (χ4v) is 2.77. The summed E-state index contributed by atoms with van der Waals surface area (Å²) in [5, 5.41) is 3.62. The van der Waals surface area contributed by atoms with Crippen molar-refractivity contribution in [2.45, 2.75) is 38.8 Å². The smallest absolute Gasteiger partial charge is 0.0652 e. The van der Waals surface area contributed by atoms with Crippen molar-refractivity contribution in [3.63, 3.8) is 0 Å². The van der Waals surface area contributed by atoms with Crippen molar-refractivity contribution in [2.75, 3.05) is 19.4 Å². The van der Waals surface area contributed by atoms with Crippen molar-refractivity contribution in [2.24, 2.45) is 5.41 Å². The van der Waals surface area contributed by atoms with Gasteiger partial charge in [0.1, 0.15) is 0 Å². The lowest BCUT2D eigenvalue weighted by Crippen LogP contribution is -2.60. The molecule has 1 fully saturated rings. The van der Waals surface area contributed by atoms with Crippen LogP contribution in [0.5, 0.6) is 0 Å². The molecule has 2 atom stereocenters. The zero-order valence-corrected chi connectivity index (χ0v) is 11.6. The molecule has 3 N–H and O–H groups in total. The second-order valence-corrected chi connectivity index (χ2v) is 5.78. The van der Waals surface area contributed by atoms with Crippen molar-refractivity contribution in [1.82, 2.24) is 5.32 Å². The van der Waals surface area contributed by atoms with Gasteiger partial charge in [-0.05, 0) is 37.1 Å². The molecule has 2 unspecified atom stereocenters. The minimum absolute atomic E-state index is 0.241. The highest BCUT2D eigenvalue weighted by atomic mass is 16.5. The Kier molecular flexibility index (Phi) is 3.93. The molecule has 0 bridgehead atoms. The van der Waals surface area contributed by atoms with Gasteiger partial charge in [-0.2, -0.15) is 0 Å². The number of hydrogen-bond acceptors (Lipinski definition) is 3. The van der Waals surface area contributed by atoms with Crippen LogP contribution in [0.4, 0.5) is 5.69 Å². The van der Waals surface area contributed by atoms with Crippen LogP contribution in [-0.2, 0) is 11.2 Å². The molecule has 0 saturated heterocycles. The number of ether oxygens (including phenoxy) is 1. The first-order valence-electron chi connectivity index (χ1n) is 6.64. The SMILES string of the molecule is COC1CC(NCCc2cccc(N)c2)C1(C)C. The van der Waals surface area contributed by atoms with E-state index in [1.54, 1.807) is 7.11 Å². The number of anilines is 1. The van der Waals surface area contributed by atoms with Crippen molar-refractivity contribution < 1.29 is 4.74 Å². The van der Waals surface area contributed by atoms with E-state index < -0.39 is 0 Å². The molecule has 3 heteroatoms. The Labute approximate surface area is 110 Å². The van der Waals surface area contributed by atoms with Crippen molar-refractivity contribution in [1.29, 1.82) is 0 Å². The summed E-state index contributed by atoms with van der Waals surface area (Å²) in [7, 11) is 1.80. The van der Waals surface area contributed by atoms with Gasteiger partial charge in [0.15, 0.2) is 0 Å². The summed E-state index contributed by atoms with van der Waals surface area (Å²) in [6.07, 6.45) is 2.53. The molecule has 18 heavy (non-hydrogen) atoms. The van der Waals surface area contributed by atoms with Crippen LogP contribution in [0.1, 0.15) is 25.8 Å². The Morgan fingerprint density at radius 2 is 2.22 bits per heavy atom. The number of hydrogen-bond donors (Lipinski definition) is 2. The highest BCUT2D eigenvalue weighted by Crippen LogP contribution is 2.42. The lowest BCUT2D eigenvalue weighted by molar-refractivity contribution is -0.0971. The summed E-state index contributed by atoms with van der Waals surface area (Å²) in [6, 6.07) is 8.67. The van der Waals surface area contributed by atoms with Crippen LogP contribution in [0.3, 0.4) is 0 Å². The number of nitrogen functional groups attached to an aromatic ring is 1. The molecule has 0 aliphatic heterocycles. The van der Waals surface area contributed by atoms with Gasteiger partial charge in [-0.25, -0.2) is 0 Å². The van der Waals surface area contributed by atoms with Crippen LogP contribution in [-0.4, -0.2) is 25.8 Å². The molecular weight excluding hydrogens is 224 g/mol. The third-order valence-corrected chi connectivity index (χ3v) is 4.22. The molecule has 1 aromatic carbocycles. The lowest BCUT2D eigenvalue weighted by atomic mass is 9.64. The quantitative estimate of drug-likeness (QED) is 0.785. The average Bonchev–Trinajstić information content (AvgIpc) is 2.33. The number of rotatable bonds is 5. The van der Waals surface area contributed by atoms with Crippen LogP contribution in [0, 0.1) is 5.41 Å². The summed E-state index contributed by atoms with van der Waals surface area (Å²) < 4.78 is 5.46. The van der Waals surface area contributed by atoms with Gasteiger partial charge in [0.05, 0.1) is 6.10 Å². The molecule has 100 valence electrons. The fraction of sp³-hybridized carbons (Fsp3) is 0.600. The molecule has 1 aliphatic rings. The minimum atomic E-state index is 0.241. The Morgan fingerprint density at radius 3 is 2.83 bits per heavy atom. The maximum Gasteiger partial charge on any atom is 0.0652 e. The fourth-order valence-electron chi connectivity index (χ4n) is 2.77. The summed E-state index contributed by atoms with van der Waals surface area (Å²) in [4.78, 5) is 0. The maximum absolute atomic E-state index is 5.77. The molecule has 0 amide bonds. The number of nitrogens with one attached hydrogen (secondary N) is 1. The van der Waals surface area contributed by atoms with Crippen LogP contribution in [0.25, 0.3) is 0 Å². The van der Waals surface area contributed by atoms with Crippen LogP contribution in [0.15, 0.2) is 24.3 Å². The van der Waals surface area contributed by atoms with E-state index in [0.29, 0.717) is 12.1 Å². The molecular formula is C15H24N2O. The first-order chi connectivity index (χ1) is 8.54. The third kappa shape index (κ3) is 2.68. The number of nitrogens with two attached hydrogens (primary N) is 1. The standard InChI is InChI=1S/C15H24N2O/c1-15(2)13(10-14(15)18-3)17-8-7-11-5-4-6-12(16)9-11/h4-6,9,13-14,17H,7-8,10,16H2,1-3H3. The van der Waals surface area contributed by atoms with Crippen molar-refractivity contribution in [3.05, 3.63) is 29.8 Å². The molecule has 2 rings (SSSR count). The van der Waals surface area contributed by atoms with Gasteiger partial charge in [0, 0.05) is 24.3 Å².